The minimum Gasteiger partial charge on any atom is -0.367 e. The van der Waals surface area contributed by atoms with Gasteiger partial charge in [0.2, 0.25) is 0 Å². The molecule has 2 aromatic heterocycles. The Hall–Kier alpha value is -2.06. The van der Waals surface area contributed by atoms with Gasteiger partial charge in [0.05, 0.1) is 5.75 Å². The third-order valence-electron chi connectivity index (χ3n) is 4.80. The number of hydrogen-bond acceptors (Lipinski definition) is 7. The van der Waals surface area contributed by atoms with Crippen molar-refractivity contribution in [1.29, 1.82) is 0 Å². The Balaban J connectivity index is 1.63. The molecule has 8 heteroatoms. The quantitative estimate of drug-likeness (QED) is 0.775. The second-order valence-corrected chi connectivity index (χ2v) is 9.31. The molecule has 2 aromatic rings. The molecule has 1 saturated heterocycles. The van der Waals surface area contributed by atoms with Crippen LogP contribution < -0.4 is 5.32 Å². The van der Waals surface area contributed by atoms with Gasteiger partial charge < -0.3 is 10.2 Å². The van der Waals surface area contributed by atoms with Gasteiger partial charge in [-0.3, -0.25) is 4.98 Å². The smallest absolute Gasteiger partial charge is 0.161 e. The van der Waals surface area contributed by atoms with Crippen molar-refractivity contribution in [3.05, 3.63) is 36.3 Å². The van der Waals surface area contributed by atoms with Crippen LogP contribution in [-0.2, 0) is 16.3 Å². The van der Waals surface area contributed by atoms with Gasteiger partial charge in [0, 0.05) is 61.6 Å². The van der Waals surface area contributed by atoms with Gasteiger partial charge in [-0.15, -0.1) is 0 Å². The van der Waals surface area contributed by atoms with Crippen molar-refractivity contribution in [1.82, 2.24) is 19.9 Å². The molecule has 0 atom stereocenters. The molecule has 146 valence electrons. The third-order valence-corrected chi connectivity index (χ3v) is 5.72. The van der Waals surface area contributed by atoms with Crippen LogP contribution in [0, 0.1) is 0 Å². The summed E-state index contributed by atoms with van der Waals surface area (Å²) in [4.78, 5) is 15.6. The molecule has 0 aromatic carbocycles. The number of anilines is 1. The predicted molar refractivity (Wildman–Crippen MR) is 107 cm³/mol. The van der Waals surface area contributed by atoms with Gasteiger partial charge in [0.25, 0.3) is 0 Å². The molecule has 1 aliphatic heterocycles. The molecule has 0 unspecified atom stereocenters. The van der Waals surface area contributed by atoms with Crippen LogP contribution in [0.4, 0.5) is 5.82 Å². The fraction of sp³-hybridized carbons (Fsp3) is 0.526. The molecule has 1 fully saturated rings. The fourth-order valence-electron chi connectivity index (χ4n) is 3.19. The molecular formula is C19H27N5O2S. The molecule has 3 rings (SSSR count). The number of likely N-dealkylation sites (tertiary alicyclic amines) is 1. The van der Waals surface area contributed by atoms with Crippen LogP contribution in [0.3, 0.4) is 0 Å². The minimum absolute atomic E-state index is 0.228. The van der Waals surface area contributed by atoms with Gasteiger partial charge >= 0.3 is 0 Å². The number of piperidine rings is 1. The first-order valence-corrected chi connectivity index (χ1v) is 11.4. The lowest BCUT2D eigenvalue weighted by atomic mass is 10.1. The average molecular weight is 390 g/mol. The van der Waals surface area contributed by atoms with E-state index in [-0.39, 0.29) is 5.75 Å². The molecule has 7 nitrogen and oxygen atoms in total. The summed E-state index contributed by atoms with van der Waals surface area (Å²) in [5, 5.41) is 3.55. The minimum atomic E-state index is -2.90. The average Bonchev–Trinajstić information content (AvgIpc) is 2.67. The largest absolute Gasteiger partial charge is 0.367 e. The Bertz CT molecular complexity index is 850. The second-order valence-electron chi connectivity index (χ2n) is 7.05. The van der Waals surface area contributed by atoms with Crippen LogP contribution in [0.1, 0.15) is 25.5 Å². The van der Waals surface area contributed by atoms with Crippen molar-refractivity contribution in [2.24, 2.45) is 0 Å². The number of aromatic nitrogens is 3. The summed E-state index contributed by atoms with van der Waals surface area (Å²) in [6.45, 7) is 4.50. The van der Waals surface area contributed by atoms with Crippen molar-refractivity contribution in [3.63, 3.8) is 0 Å². The Kier molecular flexibility index (Phi) is 6.38. The maximum Gasteiger partial charge on any atom is 0.161 e. The molecule has 0 bridgehead atoms. The van der Waals surface area contributed by atoms with Gasteiger partial charge in [-0.1, -0.05) is 6.92 Å². The first-order valence-electron chi connectivity index (χ1n) is 9.38. The van der Waals surface area contributed by atoms with E-state index in [0.717, 1.165) is 49.4 Å². The molecule has 3 heterocycles. The van der Waals surface area contributed by atoms with Crippen LogP contribution in [0.15, 0.2) is 30.6 Å². The van der Waals surface area contributed by atoms with Crippen molar-refractivity contribution in [3.8, 4) is 11.4 Å². The summed E-state index contributed by atoms with van der Waals surface area (Å²) < 4.78 is 22.7. The molecule has 1 N–H and O–H groups in total. The number of sulfone groups is 1. The van der Waals surface area contributed by atoms with Gasteiger partial charge in [-0.2, -0.15) is 0 Å². The Morgan fingerprint density at radius 3 is 2.52 bits per heavy atom. The van der Waals surface area contributed by atoms with E-state index in [1.807, 2.05) is 18.2 Å². The molecule has 0 amide bonds. The molecular weight excluding hydrogens is 362 g/mol. The van der Waals surface area contributed by atoms with Crippen LogP contribution in [0.2, 0.25) is 0 Å². The standard InChI is InChI=1S/C19H27N5O2S/c1-3-16-14-18(23-19(22-16)15-4-8-20-9-5-15)21-17-6-10-24(11-7-17)12-13-27(2,25)26/h4-5,8-9,14,17H,3,6-7,10-13H2,1-2H3,(H,21,22,23). The number of hydrogen-bond donors (Lipinski definition) is 1. The van der Waals surface area contributed by atoms with Gasteiger partial charge in [-0.25, -0.2) is 18.4 Å². The van der Waals surface area contributed by atoms with E-state index in [1.54, 1.807) is 12.4 Å². The zero-order valence-corrected chi connectivity index (χ0v) is 16.7. The lowest BCUT2D eigenvalue weighted by Crippen LogP contribution is -2.41. The Morgan fingerprint density at radius 1 is 1.19 bits per heavy atom. The molecule has 0 saturated carbocycles. The SMILES string of the molecule is CCc1cc(NC2CCN(CCS(C)(=O)=O)CC2)nc(-c2ccncc2)n1. The number of aryl methyl sites for hydroxylation is 1. The van der Waals surface area contributed by atoms with Gasteiger partial charge in [0.1, 0.15) is 15.7 Å². The molecule has 0 aliphatic carbocycles. The maximum atomic E-state index is 11.3. The highest BCUT2D eigenvalue weighted by Gasteiger charge is 2.20. The topological polar surface area (TPSA) is 88.1 Å². The molecule has 1 aliphatic rings. The third kappa shape index (κ3) is 5.97. The summed E-state index contributed by atoms with van der Waals surface area (Å²) in [6, 6.07) is 6.18. The summed E-state index contributed by atoms with van der Waals surface area (Å²) in [5.74, 6) is 1.79. The van der Waals surface area contributed by atoms with Crippen LogP contribution in [0.25, 0.3) is 11.4 Å². The highest BCUT2D eigenvalue weighted by Crippen LogP contribution is 2.20. The van der Waals surface area contributed by atoms with Crippen molar-refractivity contribution in [2.75, 3.05) is 37.0 Å². The highest BCUT2D eigenvalue weighted by molar-refractivity contribution is 7.90. The van der Waals surface area contributed by atoms with E-state index < -0.39 is 9.84 Å². The summed E-state index contributed by atoms with van der Waals surface area (Å²) in [5.41, 5.74) is 1.96. The van der Waals surface area contributed by atoms with E-state index in [1.165, 1.54) is 6.26 Å². The monoisotopic (exact) mass is 389 g/mol. The molecule has 0 spiro atoms. The molecule has 27 heavy (non-hydrogen) atoms. The zero-order valence-electron chi connectivity index (χ0n) is 15.9. The Morgan fingerprint density at radius 2 is 1.89 bits per heavy atom. The first-order chi connectivity index (χ1) is 12.9. The van der Waals surface area contributed by atoms with Crippen LogP contribution in [-0.4, -0.2) is 66.0 Å². The zero-order chi connectivity index (χ0) is 19.3. The summed E-state index contributed by atoms with van der Waals surface area (Å²) in [6.07, 6.45) is 7.58. The van der Waals surface area contributed by atoms with E-state index in [0.29, 0.717) is 18.4 Å². The van der Waals surface area contributed by atoms with Gasteiger partial charge in [-0.05, 0) is 31.4 Å². The van der Waals surface area contributed by atoms with E-state index >= 15 is 0 Å². The van der Waals surface area contributed by atoms with E-state index in [4.69, 9.17) is 4.98 Å². The second kappa shape index (κ2) is 8.75. The van der Waals surface area contributed by atoms with E-state index in [2.05, 4.69) is 27.1 Å². The maximum absolute atomic E-state index is 11.3. The van der Waals surface area contributed by atoms with Crippen molar-refractivity contribution < 1.29 is 8.42 Å². The lowest BCUT2D eigenvalue weighted by molar-refractivity contribution is 0.230. The van der Waals surface area contributed by atoms with Crippen LogP contribution in [0.5, 0.6) is 0 Å². The first kappa shape index (κ1) is 19.7. The lowest BCUT2D eigenvalue weighted by Gasteiger charge is -2.32. The number of nitrogens with zero attached hydrogens (tertiary/aromatic N) is 4. The normalized spacial score (nSPS) is 16.4. The number of pyridine rings is 1. The number of rotatable bonds is 7. The number of nitrogens with one attached hydrogen (secondary N) is 1. The summed E-state index contributed by atoms with van der Waals surface area (Å²) >= 11 is 0. The Labute approximate surface area is 161 Å². The van der Waals surface area contributed by atoms with Crippen molar-refractivity contribution >= 4 is 15.7 Å². The van der Waals surface area contributed by atoms with Gasteiger partial charge in [0.15, 0.2) is 5.82 Å². The van der Waals surface area contributed by atoms with E-state index in [9.17, 15) is 8.42 Å². The highest BCUT2D eigenvalue weighted by atomic mass is 32.2. The molecule has 0 radical (unpaired) electrons. The van der Waals surface area contributed by atoms with Crippen molar-refractivity contribution in [2.45, 2.75) is 32.2 Å². The predicted octanol–water partition coefficient (Wildman–Crippen LogP) is 2.02. The van der Waals surface area contributed by atoms with Crippen LogP contribution >= 0.6 is 0 Å². The summed E-state index contributed by atoms with van der Waals surface area (Å²) in [7, 11) is -2.90. The fourth-order valence-corrected chi connectivity index (χ4v) is 3.78.